The van der Waals surface area contributed by atoms with Gasteiger partial charge in [-0.15, -0.1) is 11.3 Å². The summed E-state index contributed by atoms with van der Waals surface area (Å²) in [6, 6.07) is 1.81. The minimum Gasteiger partial charge on any atom is -0.326 e. The maximum Gasteiger partial charge on any atom is 0.241 e. The predicted molar refractivity (Wildman–Crippen MR) is 64.9 cm³/mol. The first kappa shape index (κ1) is 12.0. The van der Waals surface area contributed by atoms with E-state index in [-0.39, 0.29) is 6.04 Å². The molecule has 0 aliphatic heterocycles. The van der Waals surface area contributed by atoms with Gasteiger partial charge in [0.05, 0.1) is 4.90 Å². The van der Waals surface area contributed by atoms with Crippen LogP contribution in [-0.2, 0) is 16.6 Å². The smallest absolute Gasteiger partial charge is 0.241 e. The van der Waals surface area contributed by atoms with Gasteiger partial charge in [-0.2, -0.15) is 0 Å². The van der Waals surface area contributed by atoms with Crippen LogP contribution in [0.5, 0.6) is 0 Å². The van der Waals surface area contributed by atoms with E-state index >= 15 is 0 Å². The molecule has 1 fully saturated rings. The first-order chi connectivity index (χ1) is 7.53. The maximum atomic E-state index is 12.0. The van der Waals surface area contributed by atoms with E-state index in [2.05, 4.69) is 4.72 Å². The average Bonchev–Trinajstić information content (AvgIpc) is 2.54. The number of rotatable bonds is 4. The van der Waals surface area contributed by atoms with Gasteiger partial charge in [-0.1, -0.05) is 6.42 Å². The van der Waals surface area contributed by atoms with Crippen LogP contribution in [0, 0.1) is 6.92 Å². The second kappa shape index (κ2) is 4.44. The van der Waals surface area contributed by atoms with Crippen molar-refractivity contribution in [3.05, 3.63) is 15.8 Å². The lowest BCUT2D eigenvalue weighted by Crippen LogP contribution is -2.39. The van der Waals surface area contributed by atoms with Gasteiger partial charge < -0.3 is 5.73 Å². The Labute approximate surface area is 99.9 Å². The third-order valence-corrected chi connectivity index (χ3v) is 5.69. The van der Waals surface area contributed by atoms with Gasteiger partial charge >= 0.3 is 0 Å². The first-order valence-electron chi connectivity index (χ1n) is 5.34. The molecule has 0 spiro atoms. The summed E-state index contributed by atoms with van der Waals surface area (Å²) >= 11 is 1.45. The van der Waals surface area contributed by atoms with Crippen molar-refractivity contribution in [2.45, 2.75) is 43.7 Å². The molecule has 0 aromatic carbocycles. The van der Waals surface area contributed by atoms with E-state index in [9.17, 15) is 8.42 Å². The minimum atomic E-state index is -3.34. The van der Waals surface area contributed by atoms with Crippen LogP contribution in [-0.4, -0.2) is 14.5 Å². The molecule has 3 N–H and O–H groups in total. The van der Waals surface area contributed by atoms with Gasteiger partial charge in [0.2, 0.25) is 10.0 Å². The number of sulfonamides is 1. The van der Waals surface area contributed by atoms with Crippen LogP contribution in [0.15, 0.2) is 11.0 Å². The Bertz CT molecular complexity index is 475. The van der Waals surface area contributed by atoms with Gasteiger partial charge in [0.15, 0.2) is 0 Å². The molecular formula is C10H16N2O2S2. The topological polar surface area (TPSA) is 72.2 Å². The normalized spacial score (nSPS) is 17.4. The van der Waals surface area contributed by atoms with E-state index < -0.39 is 10.0 Å². The minimum absolute atomic E-state index is 0.130. The molecule has 0 radical (unpaired) electrons. The largest absolute Gasteiger partial charge is 0.326 e. The molecule has 0 saturated heterocycles. The van der Waals surface area contributed by atoms with Crippen LogP contribution in [0.25, 0.3) is 0 Å². The Morgan fingerprint density at radius 2 is 2.25 bits per heavy atom. The van der Waals surface area contributed by atoms with Crippen molar-refractivity contribution >= 4 is 21.4 Å². The fraction of sp³-hybridized carbons (Fsp3) is 0.600. The molecule has 6 heteroatoms. The van der Waals surface area contributed by atoms with Crippen molar-refractivity contribution < 1.29 is 8.42 Å². The zero-order chi connectivity index (χ0) is 11.8. The number of nitrogens with two attached hydrogens (primary N) is 1. The Morgan fingerprint density at radius 3 is 2.69 bits per heavy atom. The van der Waals surface area contributed by atoms with Crippen LogP contribution < -0.4 is 10.5 Å². The molecule has 0 bridgehead atoms. The SMILES string of the molecule is Cc1sc(CN)cc1S(=O)(=O)NC1CCC1. The molecular weight excluding hydrogens is 244 g/mol. The zero-order valence-electron chi connectivity index (χ0n) is 9.19. The monoisotopic (exact) mass is 260 g/mol. The lowest BCUT2D eigenvalue weighted by Gasteiger charge is -2.25. The highest BCUT2D eigenvalue weighted by Crippen LogP contribution is 2.27. The summed E-state index contributed by atoms with van der Waals surface area (Å²) in [4.78, 5) is 2.11. The van der Waals surface area contributed by atoms with Gasteiger partial charge in [0, 0.05) is 22.3 Å². The molecule has 0 unspecified atom stereocenters. The quantitative estimate of drug-likeness (QED) is 0.858. The van der Waals surface area contributed by atoms with E-state index in [1.54, 1.807) is 6.07 Å². The highest BCUT2D eigenvalue weighted by Gasteiger charge is 2.26. The van der Waals surface area contributed by atoms with Crippen molar-refractivity contribution in [3.8, 4) is 0 Å². The number of thiophene rings is 1. The van der Waals surface area contributed by atoms with Crippen molar-refractivity contribution in [2.75, 3.05) is 0 Å². The summed E-state index contributed by atoms with van der Waals surface area (Å²) in [5, 5.41) is 0. The molecule has 4 nitrogen and oxygen atoms in total. The molecule has 1 aromatic rings. The van der Waals surface area contributed by atoms with E-state index in [4.69, 9.17) is 5.73 Å². The number of nitrogens with one attached hydrogen (secondary N) is 1. The molecule has 0 atom stereocenters. The molecule has 1 aliphatic rings. The van der Waals surface area contributed by atoms with E-state index in [1.165, 1.54) is 11.3 Å². The van der Waals surface area contributed by atoms with Crippen LogP contribution in [0.2, 0.25) is 0 Å². The van der Waals surface area contributed by atoms with E-state index in [0.29, 0.717) is 11.4 Å². The molecule has 90 valence electrons. The van der Waals surface area contributed by atoms with Crippen molar-refractivity contribution in [3.63, 3.8) is 0 Å². The van der Waals surface area contributed by atoms with E-state index in [1.807, 2.05) is 6.92 Å². The lowest BCUT2D eigenvalue weighted by atomic mass is 9.94. The molecule has 0 amide bonds. The third-order valence-electron chi connectivity index (χ3n) is 2.84. The third kappa shape index (κ3) is 2.29. The van der Waals surface area contributed by atoms with Crippen LogP contribution in [0.3, 0.4) is 0 Å². The highest BCUT2D eigenvalue weighted by atomic mass is 32.2. The molecule has 1 heterocycles. The fourth-order valence-electron chi connectivity index (χ4n) is 1.70. The van der Waals surface area contributed by atoms with Gasteiger partial charge in [-0.3, -0.25) is 0 Å². The lowest BCUT2D eigenvalue weighted by molar-refractivity contribution is 0.383. The molecule has 1 aliphatic carbocycles. The summed E-state index contributed by atoms with van der Waals surface area (Å²) in [6.07, 6.45) is 3.02. The Morgan fingerprint density at radius 1 is 1.56 bits per heavy atom. The average molecular weight is 260 g/mol. The second-order valence-corrected chi connectivity index (χ2v) is 7.11. The first-order valence-corrected chi connectivity index (χ1v) is 7.64. The maximum absolute atomic E-state index is 12.0. The molecule has 1 aromatic heterocycles. The number of hydrogen-bond acceptors (Lipinski definition) is 4. The zero-order valence-corrected chi connectivity index (χ0v) is 10.8. The van der Waals surface area contributed by atoms with Crippen molar-refractivity contribution in [2.24, 2.45) is 5.73 Å². The van der Waals surface area contributed by atoms with Crippen molar-refractivity contribution in [1.82, 2.24) is 4.72 Å². The van der Waals surface area contributed by atoms with Crippen molar-refractivity contribution in [1.29, 1.82) is 0 Å². The van der Waals surface area contributed by atoms with Crippen LogP contribution in [0.4, 0.5) is 0 Å². The standard InChI is InChI=1S/C10H16N2O2S2/c1-7-10(5-9(6-11)15-7)16(13,14)12-8-3-2-4-8/h5,8,12H,2-4,6,11H2,1H3. The van der Waals surface area contributed by atoms with Gasteiger partial charge in [-0.05, 0) is 25.8 Å². The molecule has 1 saturated carbocycles. The number of aryl methyl sites for hydroxylation is 1. The Kier molecular flexibility index (Phi) is 3.34. The highest BCUT2D eigenvalue weighted by molar-refractivity contribution is 7.89. The predicted octanol–water partition coefficient (Wildman–Crippen LogP) is 1.35. The summed E-state index contributed by atoms with van der Waals surface area (Å²) in [5.74, 6) is 0. The van der Waals surface area contributed by atoms with Gasteiger partial charge in [-0.25, -0.2) is 13.1 Å². The summed E-state index contributed by atoms with van der Waals surface area (Å²) < 4.78 is 26.8. The van der Waals surface area contributed by atoms with Crippen LogP contribution in [0.1, 0.15) is 29.0 Å². The second-order valence-electron chi connectivity index (χ2n) is 4.09. The summed E-state index contributed by atoms with van der Waals surface area (Å²) in [6.45, 7) is 2.21. The molecule has 16 heavy (non-hydrogen) atoms. The Balaban J connectivity index is 2.23. The van der Waals surface area contributed by atoms with E-state index in [0.717, 1.165) is 29.0 Å². The van der Waals surface area contributed by atoms with Gasteiger partial charge in [0.1, 0.15) is 0 Å². The summed E-state index contributed by atoms with van der Waals surface area (Å²) in [5.41, 5.74) is 5.51. The number of hydrogen-bond donors (Lipinski definition) is 2. The van der Waals surface area contributed by atoms with Crippen LogP contribution >= 0.6 is 11.3 Å². The van der Waals surface area contributed by atoms with Gasteiger partial charge in [0.25, 0.3) is 0 Å². The fourth-order valence-corrected chi connectivity index (χ4v) is 4.52. The molecule has 2 rings (SSSR count). The summed E-state index contributed by atoms with van der Waals surface area (Å²) in [7, 11) is -3.34. The Hall–Kier alpha value is -0.430.